The van der Waals surface area contributed by atoms with Gasteiger partial charge in [-0.2, -0.15) is 0 Å². The van der Waals surface area contributed by atoms with Crippen molar-refractivity contribution in [2.24, 2.45) is 0 Å². The minimum atomic E-state index is -0.119. The summed E-state index contributed by atoms with van der Waals surface area (Å²) >= 11 is 0. The van der Waals surface area contributed by atoms with Crippen LogP contribution in [0.5, 0.6) is 0 Å². The first-order valence-corrected chi connectivity index (χ1v) is 9.12. The third kappa shape index (κ3) is 6.51. The molecule has 0 aliphatic rings. The number of nitrogens with one attached hydrogen (secondary N) is 2. The molecular weight excluding hydrogens is 342 g/mol. The van der Waals surface area contributed by atoms with Crippen LogP contribution in [0.3, 0.4) is 0 Å². The molecule has 0 aromatic heterocycles. The summed E-state index contributed by atoms with van der Waals surface area (Å²) < 4.78 is 4.96. The summed E-state index contributed by atoms with van der Waals surface area (Å²) in [7, 11) is 1.65. The number of rotatable bonds is 10. The molecular formula is C21H27N3O3. The highest BCUT2D eigenvalue weighted by molar-refractivity contribution is 6.06. The Hall–Kier alpha value is -2.70. The van der Waals surface area contributed by atoms with Gasteiger partial charge in [-0.1, -0.05) is 18.2 Å². The van der Waals surface area contributed by atoms with Gasteiger partial charge in [0.25, 0.3) is 5.91 Å². The van der Waals surface area contributed by atoms with Crippen LogP contribution in [-0.2, 0) is 9.53 Å². The average Bonchev–Trinajstić information content (AvgIpc) is 2.69. The van der Waals surface area contributed by atoms with Gasteiger partial charge in [-0.25, -0.2) is 0 Å². The van der Waals surface area contributed by atoms with Crippen molar-refractivity contribution in [1.82, 2.24) is 5.32 Å². The number of benzene rings is 2. The topological polar surface area (TPSA) is 70.7 Å². The van der Waals surface area contributed by atoms with Gasteiger partial charge in [0.15, 0.2) is 0 Å². The first kappa shape index (κ1) is 20.6. The van der Waals surface area contributed by atoms with Crippen LogP contribution >= 0.6 is 0 Å². The van der Waals surface area contributed by atoms with Crippen molar-refractivity contribution in [3.05, 3.63) is 60.2 Å². The Morgan fingerprint density at radius 1 is 1.04 bits per heavy atom. The largest absolute Gasteiger partial charge is 0.385 e. The predicted molar refractivity (Wildman–Crippen MR) is 108 cm³/mol. The molecule has 0 atom stereocenters. The summed E-state index contributed by atoms with van der Waals surface area (Å²) in [6.45, 7) is 4.15. The van der Waals surface area contributed by atoms with Crippen LogP contribution in [-0.4, -0.2) is 45.2 Å². The molecule has 2 rings (SSSR count). The van der Waals surface area contributed by atoms with E-state index in [0.717, 1.165) is 18.7 Å². The highest BCUT2D eigenvalue weighted by Gasteiger charge is 2.15. The summed E-state index contributed by atoms with van der Waals surface area (Å²) in [6, 6.07) is 16.5. The quantitative estimate of drug-likeness (QED) is 0.632. The average molecular weight is 369 g/mol. The lowest BCUT2D eigenvalue weighted by Gasteiger charge is -2.21. The van der Waals surface area contributed by atoms with Gasteiger partial charge in [0.05, 0.1) is 6.54 Å². The fraction of sp³-hybridized carbons (Fsp3) is 0.333. The summed E-state index contributed by atoms with van der Waals surface area (Å²) in [5.41, 5.74) is 2.11. The second-order valence-corrected chi connectivity index (χ2v) is 6.03. The van der Waals surface area contributed by atoms with E-state index in [0.29, 0.717) is 24.4 Å². The molecule has 0 saturated heterocycles. The van der Waals surface area contributed by atoms with E-state index in [1.54, 1.807) is 36.3 Å². The predicted octanol–water partition coefficient (Wildman–Crippen LogP) is 2.92. The fourth-order valence-corrected chi connectivity index (χ4v) is 2.65. The fourth-order valence-electron chi connectivity index (χ4n) is 2.65. The van der Waals surface area contributed by atoms with Gasteiger partial charge < -0.3 is 20.3 Å². The Morgan fingerprint density at radius 3 is 2.37 bits per heavy atom. The summed E-state index contributed by atoms with van der Waals surface area (Å²) in [5, 5.41) is 5.87. The molecule has 2 aromatic carbocycles. The van der Waals surface area contributed by atoms with Crippen molar-refractivity contribution in [3.63, 3.8) is 0 Å². The summed E-state index contributed by atoms with van der Waals surface area (Å²) in [5.74, 6) is -0.188. The standard InChI is InChI=1S/C21H27N3O3/c1-3-24(19-8-5-4-6-9-19)21(26)17-10-12-18(13-11-17)23-20(25)16-22-14-7-15-27-2/h4-6,8-13,22H,3,7,14-16H2,1-2H3,(H,23,25). The maximum absolute atomic E-state index is 12.8. The van der Waals surface area contributed by atoms with Gasteiger partial charge >= 0.3 is 0 Å². The van der Waals surface area contributed by atoms with Crippen LogP contribution in [0, 0.1) is 0 Å². The van der Waals surface area contributed by atoms with Crippen molar-refractivity contribution in [2.45, 2.75) is 13.3 Å². The molecule has 6 nitrogen and oxygen atoms in total. The van der Waals surface area contributed by atoms with Gasteiger partial charge in [0.2, 0.25) is 5.91 Å². The molecule has 0 fully saturated rings. The SMILES string of the molecule is CCN(C(=O)c1ccc(NC(=O)CNCCCOC)cc1)c1ccccc1. The van der Waals surface area contributed by atoms with Crippen molar-refractivity contribution >= 4 is 23.2 Å². The Kier molecular flexibility index (Phi) is 8.48. The smallest absolute Gasteiger partial charge is 0.258 e. The van der Waals surface area contributed by atoms with E-state index in [1.807, 2.05) is 37.3 Å². The zero-order valence-electron chi connectivity index (χ0n) is 15.9. The van der Waals surface area contributed by atoms with Crippen molar-refractivity contribution in [3.8, 4) is 0 Å². The molecule has 0 aliphatic heterocycles. The Balaban J connectivity index is 1.90. The van der Waals surface area contributed by atoms with E-state index < -0.39 is 0 Å². The number of amides is 2. The first-order chi connectivity index (χ1) is 13.2. The number of carbonyl (C=O) groups is 2. The summed E-state index contributed by atoms with van der Waals surface area (Å²) in [4.78, 5) is 26.4. The van der Waals surface area contributed by atoms with Crippen LogP contribution in [0.1, 0.15) is 23.7 Å². The van der Waals surface area contributed by atoms with Crippen LogP contribution < -0.4 is 15.5 Å². The molecule has 2 N–H and O–H groups in total. The molecule has 0 heterocycles. The minimum Gasteiger partial charge on any atom is -0.385 e. The zero-order valence-corrected chi connectivity index (χ0v) is 15.9. The van der Waals surface area contributed by atoms with Crippen LogP contribution in [0.2, 0.25) is 0 Å². The molecule has 0 unspecified atom stereocenters. The zero-order chi connectivity index (χ0) is 19.5. The van der Waals surface area contributed by atoms with E-state index in [4.69, 9.17) is 4.74 Å². The third-order valence-electron chi connectivity index (χ3n) is 4.03. The highest BCUT2D eigenvalue weighted by Crippen LogP contribution is 2.18. The minimum absolute atomic E-state index is 0.0682. The monoisotopic (exact) mass is 369 g/mol. The molecule has 2 aromatic rings. The van der Waals surface area contributed by atoms with Crippen LogP contribution in [0.25, 0.3) is 0 Å². The number of methoxy groups -OCH3 is 1. The molecule has 0 aliphatic carbocycles. The number of carbonyl (C=O) groups excluding carboxylic acids is 2. The number of nitrogens with zero attached hydrogens (tertiary/aromatic N) is 1. The third-order valence-corrected chi connectivity index (χ3v) is 4.03. The van der Waals surface area contributed by atoms with E-state index in [2.05, 4.69) is 10.6 Å². The molecule has 0 saturated carbocycles. The molecule has 0 spiro atoms. The van der Waals surface area contributed by atoms with Crippen LogP contribution in [0.15, 0.2) is 54.6 Å². The number of para-hydroxylation sites is 1. The van der Waals surface area contributed by atoms with Crippen molar-refractivity contribution < 1.29 is 14.3 Å². The maximum atomic E-state index is 12.8. The number of hydrogen-bond donors (Lipinski definition) is 2. The molecule has 0 bridgehead atoms. The van der Waals surface area contributed by atoms with Crippen molar-refractivity contribution in [2.75, 3.05) is 43.6 Å². The Bertz CT molecular complexity index is 717. The number of hydrogen-bond acceptors (Lipinski definition) is 4. The first-order valence-electron chi connectivity index (χ1n) is 9.12. The van der Waals surface area contributed by atoms with Gasteiger partial charge in [-0.15, -0.1) is 0 Å². The number of ether oxygens (including phenoxy) is 1. The lowest BCUT2D eigenvalue weighted by molar-refractivity contribution is -0.115. The van der Waals surface area contributed by atoms with Gasteiger partial charge in [0.1, 0.15) is 0 Å². The molecule has 27 heavy (non-hydrogen) atoms. The second kappa shape index (κ2) is 11.1. The van der Waals surface area contributed by atoms with E-state index in [1.165, 1.54) is 0 Å². The lowest BCUT2D eigenvalue weighted by atomic mass is 10.1. The van der Waals surface area contributed by atoms with E-state index >= 15 is 0 Å². The van der Waals surface area contributed by atoms with Gasteiger partial charge in [-0.05, 0) is 56.3 Å². The molecule has 6 heteroatoms. The van der Waals surface area contributed by atoms with E-state index in [9.17, 15) is 9.59 Å². The second-order valence-electron chi connectivity index (χ2n) is 6.03. The highest BCUT2D eigenvalue weighted by atomic mass is 16.5. The normalized spacial score (nSPS) is 10.4. The lowest BCUT2D eigenvalue weighted by Crippen LogP contribution is -2.30. The van der Waals surface area contributed by atoms with Gasteiger partial charge in [-0.3, -0.25) is 9.59 Å². The Labute approximate surface area is 160 Å². The maximum Gasteiger partial charge on any atom is 0.258 e. The van der Waals surface area contributed by atoms with Crippen LogP contribution in [0.4, 0.5) is 11.4 Å². The van der Waals surface area contributed by atoms with Crippen molar-refractivity contribution in [1.29, 1.82) is 0 Å². The molecule has 144 valence electrons. The number of anilines is 2. The van der Waals surface area contributed by atoms with E-state index in [-0.39, 0.29) is 18.4 Å². The molecule has 2 amide bonds. The van der Waals surface area contributed by atoms with Gasteiger partial charge in [0, 0.05) is 37.2 Å². The molecule has 0 radical (unpaired) electrons. The summed E-state index contributed by atoms with van der Waals surface area (Å²) in [6.07, 6.45) is 0.857. The Morgan fingerprint density at radius 2 is 1.74 bits per heavy atom.